The van der Waals surface area contributed by atoms with Gasteiger partial charge >= 0.3 is 0 Å². The SMILES string of the molecule is C[C@@H]1C[C@@H](C)CN(S(=O)(=O)N2CCC(NS(C)(=O)=O)CC2)C1. The van der Waals surface area contributed by atoms with E-state index in [1.165, 1.54) is 4.31 Å². The first kappa shape index (κ1) is 18.1. The zero-order valence-corrected chi connectivity index (χ0v) is 15.2. The van der Waals surface area contributed by atoms with Crippen molar-refractivity contribution in [2.75, 3.05) is 32.4 Å². The van der Waals surface area contributed by atoms with Crippen LogP contribution in [0.1, 0.15) is 33.1 Å². The molecule has 0 unspecified atom stereocenters. The zero-order valence-electron chi connectivity index (χ0n) is 13.5. The van der Waals surface area contributed by atoms with Gasteiger partial charge in [0.1, 0.15) is 0 Å². The molecule has 2 heterocycles. The molecular weight excluding hydrogens is 326 g/mol. The summed E-state index contributed by atoms with van der Waals surface area (Å²) in [7, 11) is -6.67. The Balaban J connectivity index is 1.97. The fraction of sp³-hybridized carbons (Fsp3) is 1.00. The smallest absolute Gasteiger partial charge is 0.213 e. The molecule has 0 aliphatic carbocycles. The molecule has 0 aromatic rings. The molecule has 0 radical (unpaired) electrons. The van der Waals surface area contributed by atoms with E-state index in [4.69, 9.17) is 0 Å². The van der Waals surface area contributed by atoms with Gasteiger partial charge in [0, 0.05) is 32.2 Å². The van der Waals surface area contributed by atoms with Crippen molar-refractivity contribution in [1.29, 1.82) is 0 Å². The molecule has 1 N–H and O–H groups in total. The molecule has 2 rings (SSSR count). The van der Waals surface area contributed by atoms with Crippen molar-refractivity contribution >= 4 is 20.2 Å². The highest BCUT2D eigenvalue weighted by Gasteiger charge is 2.36. The first-order chi connectivity index (χ1) is 10.1. The Hall–Kier alpha value is -0.220. The van der Waals surface area contributed by atoms with E-state index < -0.39 is 20.2 Å². The molecule has 2 atom stereocenters. The van der Waals surface area contributed by atoms with Crippen molar-refractivity contribution in [2.45, 2.75) is 39.2 Å². The standard InChI is InChI=1S/C13H27N3O4S2/c1-11-8-12(2)10-16(9-11)22(19,20)15-6-4-13(5-7-15)14-21(3,17)18/h11-14H,4-10H2,1-3H3/t11-,12-/m1/s1. The molecule has 2 aliphatic heterocycles. The minimum atomic E-state index is -3.43. The summed E-state index contributed by atoms with van der Waals surface area (Å²) in [6.45, 7) is 6.06. The third kappa shape index (κ3) is 4.64. The van der Waals surface area contributed by atoms with E-state index in [2.05, 4.69) is 18.6 Å². The Morgan fingerprint density at radius 1 is 0.909 bits per heavy atom. The maximum Gasteiger partial charge on any atom is 0.281 e. The van der Waals surface area contributed by atoms with Gasteiger partial charge < -0.3 is 0 Å². The average Bonchev–Trinajstić information content (AvgIpc) is 2.36. The number of nitrogens with one attached hydrogen (secondary N) is 1. The molecule has 0 aromatic carbocycles. The number of rotatable bonds is 4. The fourth-order valence-electron chi connectivity index (χ4n) is 3.46. The maximum absolute atomic E-state index is 12.7. The summed E-state index contributed by atoms with van der Waals surface area (Å²) in [5.41, 5.74) is 0. The molecule has 0 saturated carbocycles. The van der Waals surface area contributed by atoms with Crippen molar-refractivity contribution in [3.8, 4) is 0 Å². The van der Waals surface area contributed by atoms with Crippen LogP contribution in [0.2, 0.25) is 0 Å². The largest absolute Gasteiger partial charge is 0.281 e. The summed E-state index contributed by atoms with van der Waals surface area (Å²) in [5.74, 6) is 0.755. The van der Waals surface area contributed by atoms with Crippen LogP contribution in [0.4, 0.5) is 0 Å². The molecule has 2 saturated heterocycles. The molecule has 9 heteroatoms. The Morgan fingerprint density at radius 3 is 1.86 bits per heavy atom. The third-order valence-electron chi connectivity index (χ3n) is 4.32. The Bertz CT molecular complexity index is 572. The molecule has 2 aliphatic rings. The van der Waals surface area contributed by atoms with Gasteiger partial charge in [0.2, 0.25) is 10.0 Å². The van der Waals surface area contributed by atoms with Crippen LogP contribution in [-0.2, 0) is 20.2 Å². The highest BCUT2D eigenvalue weighted by atomic mass is 32.2. The second-order valence-electron chi connectivity index (χ2n) is 6.83. The van der Waals surface area contributed by atoms with Gasteiger partial charge in [-0.25, -0.2) is 13.1 Å². The molecule has 0 amide bonds. The number of sulfonamides is 1. The summed E-state index contributed by atoms with van der Waals surface area (Å²) in [4.78, 5) is 0. The highest BCUT2D eigenvalue weighted by Crippen LogP contribution is 2.26. The molecule has 2 fully saturated rings. The van der Waals surface area contributed by atoms with Gasteiger partial charge in [-0.1, -0.05) is 13.8 Å². The van der Waals surface area contributed by atoms with Gasteiger partial charge in [-0.2, -0.15) is 17.0 Å². The summed E-state index contributed by atoms with van der Waals surface area (Å²) in [6.07, 6.45) is 3.23. The number of piperidine rings is 2. The molecule has 130 valence electrons. The van der Waals surface area contributed by atoms with Crippen LogP contribution < -0.4 is 4.72 Å². The van der Waals surface area contributed by atoms with E-state index in [-0.39, 0.29) is 6.04 Å². The summed E-state index contributed by atoms with van der Waals surface area (Å²) in [5, 5.41) is 0. The average molecular weight is 354 g/mol. The van der Waals surface area contributed by atoms with Crippen molar-refractivity contribution < 1.29 is 16.8 Å². The maximum atomic E-state index is 12.7. The molecule has 0 spiro atoms. The summed E-state index contributed by atoms with van der Waals surface area (Å²) >= 11 is 0. The minimum absolute atomic E-state index is 0.166. The lowest BCUT2D eigenvalue weighted by atomic mass is 9.94. The molecular formula is C13H27N3O4S2. The van der Waals surface area contributed by atoms with Gasteiger partial charge in [0.25, 0.3) is 10.2 Å². The normalized spacial score (nSPS) is 30.5. The Morgan fingerprint density at radius 2 is 1.41 bits per heavy atom. The van der Waals surface area contributed by atoms with Crippen LogP contribution in [-0.4, -0.2) is 63.9 Å². The van der Waals surface area contributed by atoms with Crippen LogP contribution in [0.3, 0.4) is 0 Å². The Labute approximate surface area is 134 Å². The molecule has 0 aromatic heterocycles. The van der Waals surface area contributed by atoms with Gasteiger partial charge in [-0.15, -0.1) is 0 Å². The molecule has 0 bridgehead atoms. The van der Waals surface area contributed by atoms with Crippen LogP contribution >= 0.6 is 0 Å². The topological polar surface area (TPSA) is 86.8 Å². The van der Waals surface area contributed by atoms with Gasteiger partial charge in [-0.3, -0.25) is 0 Å². The van der Waals surface area contributed by atoms with Gasteiger partial charge in [0.15, 0.2) is 0 Å². The van der Waals surface area contributed by atoms with Crippen LogP contribution in [0.25, 0.3) is 0 Å². The first-order valence-electron chi connectivity index (χ1n) is 7.80. The van der Waals surface area contributed by atoms with E-state index in [1.807, 2.05) is 0 Å². The van der Waals surface area contributed by atoms with Gasteiger partial charge in [0.05, 0.1) is 6.26 Å². The second kappa shape index (κ2) is 6.72. The lowest BCUT2D eigenvalue weighted by Crippen LogP contribution is -2.53. The minimum Gasteiger partial charge on any atom is -0.213 e. The van der Waals surface area contributed by atoms with E-state index in [9.17, 15) is 16.8 Å². The van der Waals surface area contributed by atoms with Crippen LogP contribution in [0, 0.1) is 11.8 Å². The molecule has 22 heavy (non-hydrogen) atoms. The lowest BCUT2D eigenvalue weighted by Gasteiger charge is -2.39. The third-order valence-corrected chi connectivity index (χ3v) is 7.05. The lowest BCUT2D eigenvalue weighted by molar-refractivity contribution is 0.201. The van der Waals surface area contributed by atoms with E-state index in [0.717, 1.165) is 12.7 Å². The Kier molecular flexibility index (Phi) is 5.54. The van der Waals surface area contributed by atoms with Crippen LogP contribution in [0.5, 0.6) is 0 Å². The van der Waals surface area contributed by atoms with E-state index in [0.29, 0.717) is 50.9 Å². The zero-order chi connectivity index (χ0) is 16.5. The monoisotopic (exact) mass is 353 g/mol. The van der Waals surface area contributed by atoms with Crippen molar-refractivity contribution in [3.05, 3.63) is 0 Å². The second-order valence-corrected chi connectivity index (χ2v) is 10.5. The quantitative estimate of drug-likeness (QED) is 0.783. The summed E-state index contributed by atoms with van der Waals surface area (Å²) in [6, 6.07) is -0.166. The first-order valence-corrected chi connectivity index (χ1v) is 11.1. The van der Waals surface area contributed by atoms with E-state index in [1.54, 1.807) is 4.31 Å². The fourth-order valence-corrected chi connectivity index (χ4v) is 6.19. The number of hydrogen-bond donors (Lipinski definition) is 1. The van der Waals surface area contributed by atoms with Gasteiger partial charge in [-0.05, 0) is 31.1 Å². The van der Waals surface area contributed by atoms with Crippen molar-refractivity contribution in [2.24, 2.45) is 11.8 Å². The predicted octanol–water partition coefficient (Wildman–Crippen LogP) is 0.223. The predicted molar refractivity (Wildman–Crippen MR) is 86.0 cm³/mol. The summed E-state index contributed by atoms with van der Waals surface area (Å²) < 4.78 is 53.6. The van der Waals surface area contributed by atoms with Crippen LogP contribution in [0.15, 0.2) is 0 Å². The van der Waals surface area contributed by atoms with Crippen molar-refractivity contribution in [1.82, 2.24) is 13.3 Å². The molecule has 7 nitrogen and oxygen atoms in total. The van der Waals surface area contributed by atoms with Crippen molar-refractivity contribution in [3.63, 3.8) is 0 Å². The number of hydrogen-bond acceptors (Lipinski definition) is 4. The van der Waals surface area contributed by atoms with E-state index >= 15 is 0 Å². The highest BCUT2D eigenvalue weighted by molar-refractivity contribution is 7.88. The number of nitrogens with zero attached hydrogens (tertiary/aromatic N) is 2.